The standard InChI is InChI=1S/C19H23BrN2O2S/c20-15-6-8-16(9-7-15)24-14-19(23)21-13-17(18-5-4-12-25-18)22-10-2-1-3-11-22/h4-9,12,17H,1-3,10-11,13-14H2,(H,21,23)/t17-/m1/s1. The Kier molecular flexibility index (Phi) is 6.90. The van der Waals surface area contributed by atoms with Gasteiger partial charge in [-0.1, -0.05) is 28.4 Å². The Morgan fingerprint density at radius 1 is 1.20 bits per heavy atom. The fourth-order valence-electron chi connectivity index (χ4n) is 3.06. The van der Waals surface area contributed by atoms with Gasteiger partial charge in [0.25, 0.3) is 5.91 Å². The van der Waals surface area contributed by atoms with Crippen molar-refractivity contribution in [2.75, 3.05) is 26.2 Å². The lowest BCUT2D eigenvalue weighted by Gasteiger charge is -2.34. The zero-order valence-corrected chi connectivity index (χ0v) is 16.5. The van der Waals surface area contributed by atoms with Crippen LogP contribution in [0.1, 0.15) is 30.2 Å². The van der Waals surface area contributed by atoms with Crippen LogP contribution in [0.2, 0.25) is 0 Å². The van der Waals surface area contributed by atoms with Crippen LogP contribution in [-0.2, 0) is 4.79 Å². The number of nitrogens with one attached hydrogen (secondary N) is 1. The summed E-state index contributed by atoms with van der Waals surface area (Å²) >= 11 is 5.14. The van der Waals surface area contributed by atoms with E-state index in [1.807, 2.05) is 24.3 Å². The van der Waals surface area contributed by atoms with Gasteiger partial charge in [-0.2, -0.15) is 0 Å². The highest BCUT2D eigenvalue weighted by atomic mass is 79.9. The van der Waals surface area contributed by atoms with Crippen molar-refractivity contribution in [1.29, 1.82) is 0 Å². The minimum atomic E-state index is -0.0820. The average molecular weight is 423 g/mol. The van der Waals surface area contributed by atoms with Gasteiger partial charge in [0, 0.05) is 15.9 Å². The predicted octanol–water partition coefficient (Wildman–Crippen LogP) is 4.23. The molecule has 1 aliphatic rings. The molecule has 6 heteroatoms. The van der Waals surface area contributed by atoms with Crippen LogP contribution >= 0.6 is 27.3 Å². The highest BCUT2D eigenvalue weighted by Crippen LogP contribution is 2.27. The first-order chi connectivity index (χ1) is 12.2. The van der Waals surface area contributed by atoms with Gasteiger partial charge in [0.15, 0.2) is 6.61 Å². The van der Waals surface area contributed by atoms with E-state index in [0.29, 0.717) is 12.3 Å². The molecule has 134 valence electrons. The lowest BCUT2D eigenvalue weighted by molar-refractivity contribution is -0.123. The van der Waals surface area contributed by atoms with Crippen LogP contribution in [0.15, 0.2) is 46.3 Å². The van der Waals surface area contributed by atoms with Crippen molar-refractivity contribution in [1.82, 2.24) is 10.2 Å². The lowest BCUT2D eigenvalue weighted by atomic mass is 10.1. The third-order valence-electron chi connectivity index (χ3n) is 4.38. The van der Waals surface area contributed by atoms with E-state index in [0.717, 1.165) is 17.6 Å². The largest absolute Gasteiger partial charge is 0.484 e. The molecular formula is C19H23BrN2O2S. The van der Waals surface area contributed by atoms with Crippen molar-refractivity contribution in [3.8, 4) is 5.75 Å². The fraction of sp³-hybridized carbons (Fsp3) is 0.421. The molecule has 1 N–H and O–H groups in total. The summed E-state index contributed by atoms with van der Waals surface area (Å²) in [6.07, 6.45) is 3.78. The number of hydrogen-bond donors (Lipinski definition) is 1. The molecule has 0 spiro atoms. The molecule has 0 radical (unpaired) electrons. The molecule has 4 nitrogen and oxygen atoms in total. The summed E-state index contributed by atoms with van der Waals surface area (Å²) in [5, 5.41) is 5.14. The van der Waals surface area contributed by atoms with Gasteiger partial charge in [-0.25, -0.2) is 0 Å². The number of carbonyl (C=O) groups excluding carboxylic acids is 1. The quantitative estimate of drug-likeness (QED) is 0.725. The third kappa shape index (κ3) is 5.56. The molecule has 0 bridgehead atoms. The molecule has 3 rings (SSSR count). The maximum atomic E-state index is 12.2. The van der Waals surface area contributed by atoms with Crippen molar-refractivity contribution in [2.45, 2.75) is 25.3 Å². The minimum absolute atomic E-state index is 0.0405. The number of likely N-dealkylation sites (tertiary alicyclic amines) is 1. The molecule has 2 heterocycles. The molecule has 1 aromatic carbocycles. The van der Waals surface area contributed by atoms with Gasteiger partial charge in [0.05, 0.1) is 6.04 Å². The van der Waals surface area contributed by atoms with Crippen LogP contribution in [0.3, 0.4) is 0 Å². The summed E-state index contributed by atoms with van der Waals surface area (Å²) in [5.41, 5.74) is 0. The number of hydrogen-bond acceptors (Lipinski definition) is 4. The summed E-state index contributed by atoms with van der Waals surface area (Å²) in [6.45, 7) is 2.88. The molecule has 1 aromatic heterocycles. The molecule has 0 saturated carbocycles. The smallest absolute Gasteiger partial charge is 0.258 e. The molecule has 0 unspecified atom stereocenters. The molecular weight excluding hydrogens is 400 g/mol. The molecule has 25 heavy (non-hydrogen) atoms. The van der Waals surface area contributed by atoms with Crippen LogP contribution in [0.25, 0.3) is 0 Å². The third-order valence-corrected chi connectivity index (χ3v) is 5.88. The van der Waals surface area contributed by atoms with Crippen molar-refractivity contribution in [3.05, 3.63) is 51.1 Å². The number of rotatable bonds is 7. The molecule has 1 saturated heterocycles. The van der Waals surface area contributed by atoms with E-state index in [9.17, 15) is 4.79 Å². The molecule has 0 aliphatic carbocycles. The highest BCUT2D eigenvalue weighted by Gasteiger charge is 2.23. The fourth-order valence-corrected chi connectivity index (χ4v) is 4.19. The Morgan fingerprint density at radius 3 is 2.64 bits per heavy atom. The van der Waals surface area contributed by atoms with Crippen LogP contribution in [0.4, 0.5) is 0 Å². The summed E-state index contributed by atoms with van der Waals surface area (Å²) in [4.78, 5) is 16.0. The summed E-state index contributed by atoms with van der Waals surface area (Å²) in [5.74, 6) is 0.616. The first-order valence-electron chi connectivity index (χ1n) is 8.65. The number of piperidine rings is 1. The number of thiophene rings is 1. The normalized spacial score (nSPS) is 16.4. The first-order valence-corrected chi connectivity index (χ1v) is 10.3. The van der Waals surface area contributed by atoms with Crippen molar-refractivity contribution < 1.29 is 9.53 Å². The summed E-state index contributed by atoms with van der Waals surface area (Å²) < 4.78 is 6.54. The van der Waals surface area contributed by atoms with Crippen molar-refractivity contribution in [2.24, 2.45) is 0 Å². The number of halogens is 1. The van der Waals surface area contributed by atoms with Crippen LogP contribution in [-0.4, -0.2) is 37.0 Å². The average Bonchev–Trinajstić information content (AvgIpc) is 3.17. The summed E-state index contributed by atoms with van der Waals surface area (Å²) in [6, 6.07) is 12.0. The van der Waals surface area contributed by atoms with E-state index in [4.69, 9.17) is 4.74 Å². The lowest BCUT2D eigenvalue weighted by Crippen LogP contribution is -2.41. The van der Waals surface area contributed by atoms with E-state index in [2.05, 4.69) is 43.7 Å². The van der Waals surface area contributed by atoms with E-state index >= 15 is 0 Å². The molecule has 1 amide bonds. The predicted molar refractivity (Wildman–Crippen MR) is 105 cm³/mol. The van der Waals surface area contributed by atoms with Crippen molar-refractivity contribution >= 4 is 33.2 Å². The number of benzene rings is 1. The Balaban J connectivity index is 1.51. The van der Waals surface area contributed by atoms with Gasteiger partial charge in [0.2, 0.25) is 0 Å². The Labute approximate surface area is 161 Å². The summed E-state index contributed by atoms with van der Waals surface area (Å²) in [7, 11) is 0. The van der Waals surface area contributed by atoms with E-state index in [-0.39, 0.29) is 18.6 Å². The van der Waals surface area contributed by atoms with Crippen LogP contribution < -0.4 is 10.1 Å². The second kappa shape index (κ2) is 9.36. The zero-order valence-electron chi connectivity index (χ0n) is 14.1. The Morgan fingerprint density at radius 2 is 1.96 bits per heavy atom. The van der Waals surface area contributed by atoms with Crippen LogP contribution in [0.5, 0.6) is 5.75 Å². The molecule has 1 atom stereocenters. The number of amides is 1. The Hall–Kier alpha value is -1.37. The molecule has 1 fully saturated rings. The zero-order chi connectivity index (χ0) is 17.5. The van der Waals surface area contributed by atoms with Gasteiger partial charge >= 0.3 is 0 Å². The second-order valence-electron chi connectivity index (χ2n) is 6.17. The van der Waals surface area contributed by atoms with Crippen molar-refractivity contribution in [3.63, 3.8) is 0 Å². The van der Waals surface area contributed by atoms with Gasteiger partial charge in [-0.15, -0.1) is 11.3 Å². The highest BCUT2D eigenvalue weighted by molar-refractivity contribution is 9.10. The maximum absolute atomic E-state index is 12.2. The maximum Gasteiger partial charge on any atom is 0.258 e. The van der Waals surface area contributed by atoms with E-state index < -0.39 is 0 Å². The van der Waals surface area contributed by atoms with E-state index in [1.165, 1.54) is 24.1 Å². The number of nitrogens with zero attached hydrogens (tertiary/aromatic N) is 1. The van der Waals surface area contributed by atoms with Crippen LogP contribution in [0, 0.1) is 0 Å². The van der Waals surface area contributed by atoms with Gasteiger partial charge < -0.3 is 10.1 Å². The Bertz CT molecular complexity index is 655. The van der Waals surface area contributed by atoms with Gasteiger partial charge in [0.1, 0.15) is 5.75 Å². The second-order valence-corrected chi connectivity index (χ2v) is 8.07. The SMILES string of the molecule is O=C(COc1ccc(Br)cc1)NC[C@H](c1cccs1)N1CCCCC1. The first kappa shape index (κ1) is 18.4. The molecule has 1 aliphatic heterocycles. The number of ether oxygens (including phenoxy) is 1. The molecule has 2 aromatic rings. The van der Waals surface area contributed by atoms with E-state index in [1.54, 1.807) is 11.3 Å². The van der Waals surface area contributed by atoms with Gasteiger partial charge in [-0.3, -0.25) is 9.69 Å². The monoisotopic (exact) mass is 422 g/mol. The minimum Gasteiger partial charge on any atom is -0.484 e. The van der Waals surface area contributed by atoms with Gasteiger partial charge in [-0.05, 0) is 61.6 Å². The number of carbonyl (C=O) groups is 1. The topological polar surface area (TPSA) is 41.6 Å².